The molecule has 1 unspecified atom stereocenters. The molecule has 1 amide bonds. The summed E-state index contributed by atoms with van der Waals surface area (Å²) in [7, 11) is 1.72. The summed E-state index contributed by atoms with van der Waals surface area (Å²) < 4.78 is 29.2. The van der Waals surface area contributed by atoms with Gasteiger partial charge in [-0.3, -0.25) is 4.79 Å². The van der Waals surface area contributed by atoms with Gasteiger partial charge < -0.3 is 33.6 Å². The van der Waals surface area contributed by atoms with Crippen LogP contribution in [0.2, 0.25) is 0 Å². The summed E-state index contributed by atoms with van der Waals surface area (Å²) in [5.41, 5.74) is 1.91. The maximum absolute atomic E-state index is 13.2. The molecule has 3 aromatic rings. The molecular weight excluding hydrogens is 428 g/mol. The number of aryl methyl sites for hydroxylation is 1. The minimum atomic E-state index is -0.889. The van der Waals surface area contributed by atoms with Crippen molar-refractivity contribution in [1.82, 2.24) is 4.57 Å². The highest BCUT2D eigenvalue weighted by Crippen LogP contribution is 2.40. The third kappa shape index (κ3) is 3.82. The van der Waals surface area contributed by atoms with Gasteiger partial charge in [0.05, 0.1) is 12.3 Å². The number of fused-ring (bicyclic) bond motifs is 2. The van der Waals surface area contributed by atoms with Crippen LogP contribution in [0.3, 0.4) is 0 Å². The molecule has 0 saturated heterocycles. The first-order chi connectivity index (χ1) is 16.0. The van der Waals surface area contributed by atoms with E-state index in [0.717, 1.165) is 5.56 Å². The molecule has 9 heteroatoms. The zero-order valence-corrected chi connectivity index (χ0v) is 18.1. The van der Waals surface area contributed by atoms with Crippen LogP contribution < -0.4 is 24.3 Å². The number of hydrogen-bond acceptors (Lipinski definition) is 7. The molecule has 1 aromatic heterocycles. The Morgan fingerprint density at radius 3 is 2.64 bits per heavy atom. The molecule has 0 radical (unpaired) electrons. The van der Waals surface area contributed by atoms with Gasteiger partial charge in [-0.1, -0.05) is 18.2 Å². The van der Waals surface area contributed by atoms with Crippen molar-refractivity contribution in [3.63, 3.8) is 0 Å². The molecule has 0 aliphatic carbocycles. The van der Waals surface area contributed by atoms with E-state index < -0.39 is 18.0 Å². The summed E-state index contributed by atoms with van der Waals surface area (Å²) in [6, 6.07) is 12.6. The second-order valence-corrected chi connectivity index (χ2v) is 7.52. The normalized spacial score (nSPS) is 15.8. The largest absolute Gasteiger partial charge is 0.485 e. The van der Waals surface area contributed by atoms with Crippen LogP contribution in [0.5, 0.6) is 23.0 Å². The smallest absolute Gasteiger partial charge is 0.357 e. The molecule has 0 bridgehead atoms. The fraction of sp³-hybridized carbons (Fsp3) is 0.250. The molecule has 2 aromatic carbocycles. The Morgan fingerprint density at radius 1 is 1.06 bits per heavy atom. The molecule has 1 N–H and O–H groups in total. The first-order valence-corrected chi connectivity index (χ1v) is 10.5. The predicted molar refractivity (Wildman–Crippen MR) is 118 cm³/mol. The molecule has 0 fully saturated rings. The molecule has 9 nitrogen and oxygen atoms in total. The van der Waals surface area contributed by atoms with Gasteiger partial charge in [-0.05, 0) is 36.8 Å². The van der Waals surface area contributed by atoms with Gasteiger partial charge in [0.15, 0.2) is 28.7 Å². The van der Waals surface area contributed by atoms with Crippen molar-refractivity contribution >= 4 is 17.6 Å². The molecule has 0 saturated carbocycles. The first kappa shape index (κ1) is 20.7. The molecule has 5 rings (SSSR count). The number of esters is 1. The summed E-state index contributed by atoms with van der Waals surface area (Å²) in [5.74, 6) is 1.30. The average molecular weight is 450 g/mol. The summed E-state index contributed by atoms with van der Waals surface area (Å²) in [6.07, 6.45) is 0.868. The minimum Gasteiger partial charge on any atom is -0.485 e. The van der Waals surface area contributed by atoms with Crippen molar-refractivity contribution in [2.75, 3.05) is 25.3 Å². The van der Waals surface area contributed by atoms with Crippen LogP contribution in [0, 0.1) is 0 Å². The topological polar surface area (TPSA) is 97.2 Å². The molecule has 2 aliphatic heterocycles. The number of amides is 1. The summed E-state index contributed by atoms with van der Waals surface area (Å²) in [4.78, 5) is 25.9. The number of carbonyl (C=O) groups is 2. The third-order valence-corrected chi connectivity index (χ3v) is 5.38. The van der Waals surface area contributed by atoms with E-state index >= 15 is 0 Å². The Morgan fingerprint density at radius 2 is 1.82 bits per heavy atom. The van der Waals surface area contributed by atoms with Crippen molar-refractivity contribution < 1.29 is 33.3 Å². The molecule has 3 heterocycles. The highest BCUT2D eigenvalue weighted by molar-refractivity contribution is 6.06. The average Bonchev–Trinajstić information content (AvgIpc) is 3.42. The molecule has 170 valence electrons. The highest BCUT2D eigenvalue weighted by Gasteiger charge is 2.31. The highest BCUT2D eigenvalue weighted by atomic mass is 16.7. The van der Waals surface area contributed by atoms with Crippen molar-refractivity contribution in [1.29, 1.82) is 0 Å². The van der Waals surface area contributed by atoms with Gasteiger partial charge in [0.25, 0.3) is 5.91 Å². The Balaban J connectivity index is 1.50. The van der Waals surface area contributed by atoms with Crippen molar-refractivity contribution in [3.8, 4) is 34.1 Å². The quantitative estimate of drug-likeness (QED) is 0.595. The van der Waals surface area contributed by atoms with E-state index in [2.05, 4.69) is 5.32 Å². The maximum Gasteiger partial charge on any atom is 0.357 e. The second-order valence-electron chi connectivity index (χ2n) is 7.52. The third-order valence-electron chi connectivity index (χ3n) is 5.38. The fourth-order valence-electron chi connectivity index (χ4n) is 3.83. The van der Waals surface area contributed by atoms with Gasteiger partial charge in [-0.25, -0.2) is 4.79 Å². The van der Waals surface area contributed by atoms with Crippen LogP contribution in [0.4, 0.5) is 5.69 Å². The van der Waals surface area contributed by atoms with E-state index in [9.17, 15) is 9.59 Å². The number of anilines is 1. The zero-order valence-electron chi connectivity index (χ0n) is 18.1. The van der Waals surface area contributed by atoms with Crippen molar-refractivity contribution in [2.45, 2.75) is 13.0 Å². The molecule has 1 atom stereocenters. The zero-order chi connectivity index (χ0) is 22.9. The number of hydrogen-bond donors (Lipinski definition) is 1. The van der Waals surface area contributed by atoms with Gasteiger partial charge in [0.2, 0.25) is 12.9 Å². The number of benzene rings is 2. The van der Waals surface area contributed by atoms with Crippen LogP contribution in [0.25, 0.3) is 11.1 Å². The summed E-state index contributed by atoms with van der Waals surface area (Å²) in [6.45, 7) is 2.12. The van der Waals surface area contributed by atoms with Gasteiger partial charge in [0.1, 0.15) is 6.61 Å². The van der Waals surface area contributed by atoms with E-state index in [1.165, 1.54) is 0 Å². The second kappa shape index (κ2) is 8.42. The standard InChI is InChI=1S/C24H22N2O7/c1-3-29-24(28)22-21(25-23(27)20-12-30-16-6-4-5-7-18(16)33-20)15(11-26(22)2)14-8-9-17-19(10-14)32-13-31-17/h4-11,20H,3,12-13H2,1-2H3,(H,25,27). The van der Waals surface area contributed by atoms with E-state index in [0.29, 0.717) is 34.2 Å². The van der Waals surface area contributed by atoms with Gasteiger partial charge >= 0.3 is 5.97 Å². The predicted octanol–water partition coefficient (Wildman–Crippen LogP) is 3.38. The Hall–Kier alpha value is -4.14. The molecular formula is C24H22N2O7. The first-order valence-electron chi connectivity index (χ1n) is 10.5. The molecule has 2 aliphatic rings. The number of nitrogens with zero attached hydrogens (tertiary/aromatic N) is 1. The lowest BCUT2D eigenvalue weighted by atomic mass is 10.1. The van der Waals surface area contributed by atoms with Gasteiger partial charge in [-0.15, -0.1) is 0 Å². The van der Waals surface area contributed by atoms with Crippen molar-refractivity contribution in [3.05, 3.63) is 54.4 Å². The number of carbonyl (C=O) groups excluding carboxylic acids is 2. The maximum atomic E-state index is 13.2. The number of aromatic nitrogens is 1. The minimum absolute atomic E-state index is 0.0454. The van der Waals surface area contributed by atoms with E-state index in [1.807, 2.05) is 12.1 Å². The van der Waals surface area contributed by atoms with Gasteiger partial charge in [0, 0.05) is 18.8 Å². The van der Waals surface area contributed by atoms with E-state index in [4.69, 9.17) is 23.7 Å². The van der Waals surface area contributed by atoms with Crippen LogP contribution in [-0.4, -0.2) is 42.6 Å². The van der Waals surface area contributed by atoms with E-state index in [1.54, 1.807) is 55.1 Å². The van der Waals surface area contributed by atoms with Crippen LogP contribution in [0.15, 0.2) is 48.7 Å². The van der Waals surface area contributed by atoms with Crippen LogP contribution in [-0.2, 0) is 16.6 Å². The Labute approximate surface area is 189 Å². The fourth-order valence-corrected chi connectivity index (χ4v) is 3.83. The molecule has 33 heavy (non-hydrogen) atoms. The number of para-hydroxylation sites is 2. The SMILES string of the molecule is CCOC(=O)c1c(NC(=O)C2COc3ccccc3O2)c(-c2ccc3c(c2)OCO3)cn1C. The van der Waals surface area contributed by atoms with Crippen LogP contribution in [0.1, 0.15) is 17.4 Å². The van der Waals surface area contributed by atoms with Gasteiger partial charge in [-0.2, -0.15) is 0 Å². The monoisotopic (exact) mass is 450 g/mol. The lowest BCUT2D eigenvalue weighted by Crippen LogP contribution is -2.40. The number of rotatable bonds is 5. The van der Waals surface area contributed by atoms with E-state index in [-0.39, 0.29) is 25.7 Å². The Kier molecular flexibility index (Phi) is 5.29. The summed E-state index contributed by atoms with van der Waals surface area (Å²) in [5, 5.41) is 2.87. The lowest BCUT2D eigenvalue weighted by molar-refractivity contribution is -0.125. The van der Waals surface area contributed by atoms with Crippen LogP contribution >= 0.6 is 0 Å². The number of nitrogens with one attached hydrogen (secondary N) is 1. The summed E-state index contributed by atoms with van der Waals surface area (Å²) >= 11 is 0. The lowest BCUT2D eigenvalue weighted by Gasteiger charge is -2.25. The van der Waals surface area contributed by atoms with Crippen molar-refractivity contribution in [2.24, 2.45) is 7.05 Å². The Bertz CT molecular complexity index is 1230. The molecule has 0 spiro atoms. The number of ether oxygens (including phenoxy) is 5.